The minimum atomic E-state index is -0.424. The van der Waals surface area contributed by atoms with E-state index in [0.717, 1.165) is 18.5 Å². The van der Waals surface area contributed by atoms with Crippen LogP contribution in [0.2, 0.25) is 0 Å². The van der Waals surface area contributed by atoms with E-state index < -0.39 is 4.92 Å². The molecule has 2 aromatic rings. The van der Waals surface area contributed by atoms with Crippen molar-refractivity contribution >= 4 is 17.6 Å². The number of nitro groups is 1. The minimum Gasteiger partial charge on any atom is -0.279 e. The van der Waals surface area contributed by atoms with Gasteiger partial charge in [-0.2, -0.15) is 5.10 Å². The highest BCUT2D eigenvalue weighted by Gasteiger charge is 2.02. The molecule has 5 heteroatoms. The number of hydrogen-bond donors (Lipinski definition) is 1. The zero-order chi connectivity index (χ0) is 14.2. The van der Waals surface area contributed by atoms with Crippen LogP contribution < -0.4 is 5.43 Å². The van der Waals surface area contributed by atoms with Gasteiger partial charge in [-0.1, -0.05) is 30.3 Å². The Kier molecular flexibility index (Phi) is 4.83. The third kappa shape index (κ3) is 4.20. The third-order valence-electron chi connectivity index (χ3n) is 2.77. The molecule has 0 radical (unpaired) electrons. The van der Waals surface area contributed by atoms with Crippen LogP contribution in [0.25, 0.3) is 0 Å². The first-order valence-electron chi connectivity index (χ1n) is 6.31. The number of nitrogens with one attached hydrogen (secondary N) is 1. The SMILES string of the molecule is O=[N+]([O-])c1ccc(N/N=C/CCc2ccccc2)cc1. The van der Waals surface area contributed by atoms with Gasteiger partial charge in [0.15, 0.2) is 0 Å². The standard InChI is InChI=1S/C15H15N3O2/c19-18(20)15-10-8-14(9-11-15)17-16-12-4-7-13-5-2-1-3-6-13/h1-3,5-6,8-12,17H,4,7H2/b16-12+. The van der Waals surface area contributed by atoms with Crippen LogP contribution >= 0.6 is 0 Å². The largest absolute Gasteiger partial charge is 0.279 e. The molecule has 0 saturated carbocycles. The van der Waals surface area contributed by atoms with Crippen molar-refractivity contribution in [2.75, 3.05) is 5.43 Å². The van der Waals surface area contributed by atoms with Gasteiger partial charge in [0.05, 0.1) is 10.6 Å². The number of benzene rings is 2. The molecule has 0 bridgehead atoms. The van der Waals surface area contributed by atoms with Crippen LogP contribution in [-0.2, 0) is 6.42 Å². The molecular weight excluding hydrogens is 254 g/mol. The Morgan fingerprint density at radius 1 is 1.10 bits per heavy atom. The van der Waals surface area contributed by atoms with Gasteiger partial charge >= 0.3 is 0 Å². The van der Waals surface area contributed by atoms with E-state index in [0.29, 0.717) is 0 Å². The van der Waals surface area contributed by atoms with Crippen molar-refractivity contribution in [1.29, 1.82) is 0 Å². The summed E-state index contributed by atoms with van der Waals surface area (Å²) in [5.74, 6) is 0. The van der Waals surface area contributed by atoms with E-state index in [4.69, 9.17) is 0 Å². The van der Waals surface area contributed by atoms with Crippen LogP contribution in [0.4, 0.5) is 11.4 Å². The number of aryl methyl sites for hydroxylation is 1. The molecule has 1 N–H and O–H groups in total. The molecule has 2 rings (SSSR count). The fourth-order valence-electron chi connectivity index (χ4n) is 1.72. The molecule has 0 amide bonds. The highest BCUT2D eigenvalue weighted by Crippen LogP contribution is 2.15. The lowest BCUT2D eigenvalue weighted by Gasteiger charge is -1.99. The number of hydrogen-bond acceptors (Lipinski definition) is 4. The molecule has 0 aliphatic rings. The Labute approximate surface area is 117 Å². The number of non-ortho nitro benzene ring substituents is 1. The summed E-state index contributed by atoms with van der Waals surface area (Å²) in [6.45, 7) is 0. The van der Waals surface area contributed by atoms with Crippen LogP contribution in [-0.4, -0.2) is 11.1 Å². The topological polar surface area (TPSA) is 67.5 Å². The maximum atomic E-state index is 10.5. The minimum absolute atomic E-state index is 0.0728. The van der Waals surface area contributed by atoms with E-state index in [-0.39, 0.29) is 5.69 Å². The number of nitrogens with zero attached hydrogens (tertiary/aromatic N) is 2. The summed E-state index contributed by atoms with van der Waals surface area (Å²) < 4.78 is 0. The molecule has 102 valence electrons. The Hall–Kier alpha value is -2.69. The van der Waals surface area contributed by atoms with E-state index >= 15 is 0 Å². The smallest absolute Gasteiger partial charge is 0.269 e. The third-order valence-corrected chi connectivity index (χ3v) is 2.77. The molecule has 0 heterocycles. The molecule has 0 saturated heterocycles. The van der Waals surface area contributed by atoms with Gasteiger partial charge in [-0.05, 0) is 30.5 Å². The molecule has 0 atom stereocenters. The molecule has 0 aromatic heterocycles. The van der Waals surface area contributed by atoms with Crippen molar-refractivity contribution < 1.29 is 4.92 Å². The predicted octanol–water partition coefficient (Wildman–Crippen LogP) is 3.63. The maximum Gasteiger partial charge on any atom is 0.269 e. The normalized spacial score (nSPS) is 10.6. The average Bonchev–Trinajstić information content (AvgIpc) is 2.48. The maximum absolute atomic E-state index is 10.5. The van der Waals surface area contributed by atoms with Gasteiger partial charge in [0, 0.05) is 18.3 Å². The summed E-state index contributed by atoms with van der Waals surface area (Å²) in [5.41, 5.74) is 4.92. The second kappa shape index (κ2) is 7.04. The van der Waals surface area contributed by atoms with Gasteiger partial charge in [0.2, 0.25) is 0 Å². The molecule has 0 spiro atoms. The van der Waals surface area contributed by atoms with Crippen LogP contribution in [0.3, 0.4) is 0 Å². The summed E-state index contributed by atoms with van der Waals surface area (Å²) >= 11 is 0. The molecule has 0 fully saturated rings. The van der Waals surface area contributed by atoms with Gasteiger partial charge in [0.1, 0.15) is 0 Å². The summed E-state index contributed by atoms with van der Waals surface area (Å²) in [4.78, 5) is 10.1. The number of hydrazone groups is 1. The highest BCUT2D eigenvalue weighted by atomic mass is 16.6. The quantitative estimate of drug-likeness (QED) is 0.494. The number of anilines is 1. The fourth-order valence-corrected chi connectivity index (χ4v) is 1.72. The molecule has 20 heavy (non-hydrogen) atoms. The van der Waals surface area contributed by atoms with Crippen molar-refractivity contribution in [3.8, 4) is 0 Å². The first-order chi connectivity index (χ1) is 9.75. The van der Waals surface area contributed by atoms with Crippen LogP contribution in [0, 0.1) is 10.1 Å². The highest BCUT2D eigenvalue weighted by molar-refractivity contribution is 5.60. The fraction of sp³-hybridized carbons (Fsp3) is 0.133. The zero-order valence-corrected chi connectivity index (χ0v) is 10.9. The Balaban J connectivity index is 1.77. The van der Waals surface area contributed by atoms with Crippen LogP contribution in [0.5, 0.6) is 0 Å². The molecule has 0 aliphatic heterocycles. The predicted molar refractivity (Wildman–Crippen MR) is 80.0 cm³/mol. The van der Waals surface area contributed by atoms with E-state index in [1.807, 2.05) is 18.2 Å². The first-order valence-corrected chi connectivity index (χ1v) is 6.31. The summed E-state index contributed by atoms with van der Waals surface area (Å²) in [6.07, 6.45) is 3.57. The zero-order valence-electron chi connectivity index (χ0n) is 10.9. The van der Waals surface area contributed by atoms with Crippen molar-refractivity contribution in [3.05, 3.63) is 70.3 Å². The molecule has 5 nitrogen and oxygen atoms in total. The van der Waals surface area contributed by atoms with Gasteiger partial charge < -0.3 is 0 Å². The van der Waals surface area contributed by atoms with E-state index in [1.165, 1.54) is 17.7 Å². The monoisotopic (exact) mass is 269 g/mol. The molecule has 0 aliphatic carbocycles. The van der Waals surface area contributed by atoms with Gasteiger partial charge in [0.25, 0.3) is 5.69 Å². The Bertz CT molecular complexity index is 580. The van der Waals surface area contributed by atoms with E-state index in [1.54, 1.807) is 18.3 Å². The second-order valence-electron chi connectivity index (χ2n) is 4.25. The summed E-state index contributed by atoms with van der Waals surface area (Å²) in [7, 11) is 0. The Morgan fingerprint density at radius 3 is 2.45 bits per heavy atom. The lowest BCUT2D eigenvalue weighted by atomic mass is 10.1. The van der Waals surface area contributed by atoms with Crippen LogP contribution in [0.15, 0.2) is 59.7 Å². The molecule has 0 unspecified atom stereocenters. The number of nitro benzene ring substituents is 1. The van der Waals surface area contributed by atoms with Crippen molar-refractivity contribution in [2.24, 2.45) is 5.10 Å². The first kappa shape index (κ1) is 13.7. The van der Waals surface area contributed by atoms with E-state index in [9.17, 15) is 10.1 Å². The van der Waals surface area contributed by atoms with Gasteiger partial charge in [-0.25, -0.2) is 0 Å². The van der Waals surface area contributed by atoms with Crippen molar-refractivity contribution in [2.45, 2.75) is 12.8 Å². The van der Waals surface area contributed by atoms with E-state index in [2.05, 4.69) is 22.7 Å². The van der Waals surface area contributed by atoms with Gasteiger partial charge in [-0.3, -0.25) is 15.5 Å². The lowest BCUT2D eigenvalue weighted by Crippen LogP contribution is -1.92. The summed E-state index contributed by atoms with van der Waals surface area (Å²) in [6, 6.07) is 16.3. The van der Waals surface area contributed by atoms with Crippen molar-refractivity contribution in [1.82, 2.24) is 0 Å². The summed E-state index contributed by atoms with van der Waals surface area (Å²) in [5, 5.41) is 14.6. The van der Waals surface area contributed by atoms with Crippen LogP contribution in [0.1, 0.15) is 12.0 Å². The molecular formula is C15H15N3O2. The second-order valence-corrected chi connectivity index (χ2v) is 4.25. The average molecular weight is 269 g/mol. The molecule has 2 aromatic carbocycles. The van der Waals surface area contributed by atoms with Crippen molar-refractivity contribution in [3.63, 3.8) is 0 Å². The lowest BCUT2D eigenvalue weighted by molar-refractivity contribution is -0.384. The number of rotatable bonds is 6. The van der Waals surface area contributed by atoms with Gasteiger partial charge in [-0.15, -0.1) is 0 Å². The Morgan fingerprint density at radius 2 is 1.80 bits per heavy atom.